The predicted molar refractivity (Wildman–Crippen MR) is 94.9 cm³/mol. The standard InChI is InChI=1S/C17H13FN4O2S/c1-21-16(13-5-7-15(8-6-13)22(23)24)11-25-17(21)20-19-10-12-3-2-4-14(18)9-12/h2-11H,1H3/b19-10-,20-17-. The van der Waals surface area contributed by atoms with Crippen molar-refractivity contribution in [3.05, 3.63) is 80.2 Å². The van der Waals surface area contributed by atoms with Gasteiger partial charge in [0.25, 0.3) is 5.69 Å². The maximum atomic E-state index is 13.1. The number of non-ortho nitro benzene ring substituents is 1. The van der Waals surface area contributed by atoms with Crippen LogP contribution in [0.2, 0.25) is 0 Å². The Hall–Kier alpha value is -3.13. The van der Waals surface area contributed by atoms with E-state index in [9.17, 15) is 14.5 Å². The Morgan fingerprint density at radius 2 is 2.00 bits per heavy atom. The molecule has 6 nitrogen and oxygen atoms in total. The number of hydrogen-bond donors (Lipinski definition) is 0. The average Bonchev–Trinajstić information content (AvgIpc) is 2.96. The summed E-state index contributed by atoms with van der Waals surface area (Å²) in [7, 11) is 1.84. The van der Waals surface area contributed by atoms with Gasteiger partial charge < -0.3 is 4.57 Å². The van der Waals surface area contributed by atoms with Crippen LogP contribution in [0.4, 0.5) is 10.1 Å². The van der Waals surface area contributed by atoms with Crippen LogP contribution in [0.3, 0.4) is 0 Å². The van der Waals surface area contributed by atoms with Gasteiger partial charge in [0.2, 0.25) is 4.80 Å². The van der Waals surface area contributed by atoms with E-state index in [1.54, 1.807) is 24.3 Å². The first-order chi connectivity index (χ1) is 12.0. The number of hydrogen-bond acceptors (Lipinski definition) is 5. The summed E-state index contributed by atoms with van der Waals surface area (Å²) < 4.78 is 15.0. The topological polar surface area (TPSA) is 72.8 Å². The summed E-state index contributed by atoms with van der Waals surface area (Å²) in [6.45, 7) is 0. The molecule has 0 aliphatic heterocycles. The zero-order valence-electron chi connectivity index (χ0n) is 13.2. The van der Waals surface area contributed by atoms with Gasteiger partial charge in [0.05, 0.1) is 16.8 Å². The van der Waals surface area contributed by atoms with Crippen LogP contribution < -0.4 is 4.80 Å². The van der Waals surface area contributed by atoms with Crippen molar-refractivity contribution in [3.8, 4) is 11.3 Å². The van der Waals surface area contributed by atoms with Crippen molar-refractivity contribution in [1.29, 1.82) is 0 Å². The second kappa shape index (κ2) is 7.18. The minimum absolute atomic E-state index is 0.0474. The molecule has 0 saturated carbocycles. The zero-order chi connectivity index (χ0) is 17.8. The third-order valence-corrected chi connectivity index (χ3v) is 4.40. The Morgan fingerprint density at radius 1 is 1.24 bits per heavy atom. The Morgan fingerprint density at radius 3 is 2.68 bits per heavy atom. The van der Waals surface area contributed by atoms with Gasteiger partial charge >= 0.3 is 0 Å². The number of aromatic nitrogens is 1. The molecule has 1 aromatic heterocycles. The van der Waals surface area contributed by atoms with Crippen molar-refractivity contribution >= 4 is 23.2 Å². The molecule has 0 aliphatic carbocycles. The van der Waals surface area contributed by atoms with E-state index in [1.165, 1.54) is 41.8 Å². The minimum Gasteiger partial charge on any atom is -0.318 e. The largest absolute Gasteiger partial charge is 0.318 e. The number of rotatable bonds is 4. The van der Waals surface area contributed by atoms with E-state index in [1.807, 2.05) is 17.0 Å². The third kappa shape index (κ3) is 3.86. The molecule has 0 unspecified atom stereocenters. The highest BCUT2D eigenvalue weighted by Crippen LogP contribution is 2.22. The monoisotopic (exact) mass is 356 g/mol. The van der Waals surface area contributed by atoms with Crippen LogP contribution in [0.1, 0.15) is 5.56 Å². The molecule has 8 heteroatoms. The maximum Gasteiger partial charge on any atom is 0.269 e. The van der Waals surface area contributed by atoms with Gasteiger partial charge in [-0.15, -0.1) is 16.4 Å². The van der Waals surface area contributed by atoms with Gasteiger partial charge in [-0.1, -0.05) is 12.1 Å². The fourth-order valence-electron chi connectivity index (χ4n) is 2.21. The number of nitro groups is 1. The molecule has 1 heterocycles. The summed E-state index contributed by atoms with van der Waals surface area (Å²) in [4.78, 5) is 10.9. The first kappa shape index (κ1) is 16.7. The number of nitrogens with zero attached hydrogens (tertiary/aromatic N) is 4. The summed E-state index contributed by atoms with van der Waals surface area (Å²) in [5, 5.41) is 20.8. The fraction of sp³-hybridized carbons (Fsp3) is 0.0588. The Labute approximate surface area is 146 Å². The van der Waals surface area contributed by atoms with Crippen molar-refractivity contribution in [3.63, 3.8) is 0 Å². The lowest BCUT2D eigenvalue weighted by Crippen LogP contribution is -2.10. The summed E-state index contributed by atoms with van der Waals surface area (Å²) >= 11 is 1.39. The highest BCUT2D eigenvalue weighted by molar-refractivity contribution is 7.07. The minimum atomic E-state index is -0.431. The van der Waals surface area contributed by atoms with Crippen LogP contribution in [0.15, 0.2) is 64.1 Å². The number of nitro benzene ring substituents is 1. The van der Waals surface area contributed by atoms with Crippen LogP contribution in [0.5, 0.6) is 0 Å². The molecule has 3 aromatic rings. The maximum absolute atomic E-state index is 13.1. The smallest absolute Gasteiger partial charge is 0.269 e. The normalized spacial score (nSPS) is 12.0. The molecule has 0 spiro atoms. The summed E-state index contributed by atoms with van der Waals surface area (Å²) in [6.07, 6.45) is 1.48. The van der Waals surface area contributed by atoms with Crippen LogP contribution in [0.25, 0.3) is 11.3 Å². The van der Waals surface area contributed by atoms with E-state index < -0.39 is 4.92 Å². The molecule has 0 atom stereocenters. The Bertz CT molecular complexity index is 1010. The van der Waals surface area contributed by atoms with Gasteiger partial charge in [0.15, 0.2) is 0 Å². The van der Waals surface area contributed by atoms with E-state index in [4.69, 9.17) is 0 Å². The van der Waals surface area contributed by atoms with Crippen molar-refractivity contribution < 1.29 is 9.31 Å². The molecule has 0 fully saturated rings. The Balaban J connectivity index is 1.86. The van der Waals surface area contributed by atoms with Gasteiger partial charge in [-0.3, -0.25) is 10.1 Å². The highest BCUT2D eigenvalue weighted by atomic mass is 32.1. The number of thiazole rings is 1. The molecule has 0 N–H and O–H groups in total. The van der Waals surface area contributed by atoms with Gasteiger partial charge in [0, 0.05) is 24.6 Å². The van der Waals surface area contributed by atoms with E-state index in [2.05, 4.69) is 10.2 Å². The molecule has 0 bridgehead atoms. The average molecular weight is 356 g/mol. The van der Waals surface area contributed by atoms with E-state index in [0.29, 0.717) is 10.4 Å². The molecule has 0 amide bonds. The van der Waals surface area contributed by atoms with E-state index >= 15 is 0 Å². The molecular weight excluding hydrogens is 343 g/mol. The van der Waals surface area contributed by atoms with E-state index in [-0.39, 0.29) is 11.5 Å². The van der Waals surface area contributed by atoms with Crippen LogP contribution in [0, 0.1) is 15.9 Å². The van der Waals surface area contributed by atoms with Crippen molar-refractivity contribution in [2.45, 2.75) is 0 Å². The number of halogens is 1. The van der Waals surface area contributed by atoms with Crippen molar-refractivity contribution in [2.75, 3.05) is 0 Å². The van der Waals surface area contributed by atoms with Crippen LogP contribution >= 0.6 is 11.3 Å². The van der Waals surface area contributed by atoms with Crippen LogP contribution in [-0.2, 0) is 7.05 Å². The molecule has 25 heavy (non-hydrogen) atoms. The molecule has 0 saturated heterocycles. The first-order valence-corrected chi connectivity index (χ1v) is 8.14. The lowest BCUT2D eigenvalue weighted by molar-refractivity contribution is -0.384. The fourth-order valence-corrected chi connectivity index (χ4v) is 3.07. The highest BCUT2D eigenvalue weighted by Gasteiger charge is 2.08. The van der Waals surface area contributed by atoms with Gasteiger partial charge in [-0.25, -0.2) is 4.39 Å². The van der Waals surface area contributed by atoms with Crippen molar-refractivity contribution in [1.82, 2.24) is 4.57 Å². The Kier molecular flexibility index (Phi) is 4.80. The number of benzene rings is 2. The van der Waals surface area contributed by atoms with Gasteiger partial charge in [-0.2, -0.15) is 5.10 Å². The quantitative estimate of drug-likeness (QED) is 0.406. The molecular formula is C17H13FN4O2S. The van der Waals surface area contributed by atoms with Crippen LogP contribution in [-0.4, -0.2) is 15.7 Å². The van der Waals surface area contributed by atoms with Gasteiger partial charge in [0.1, 0.15) is 5.82 Å². The molecule has 0 aliphatic rings. The first-order valence-electron chi connectivity index (χ1n) is 7.26. The predicted octanol–water partition coefficient (Wildman–Crippen LogP) is 3.74. The lowest BCUT2D eigenvalue weighted by atomic mass is 10.1. The summed E-state index contributed by atoms with van der Waals surface area (Å²) in [5.74, 6) is -0.328. The van der Waals surface area contributed by atoms with Crippen molar-refractivity contribution in [2.24, 2.45) is 17.3 Å². The SMILES string of the molecule is Cn1c(-c2ccc([N+](=O)[O-])cc2)cs/c1=N\N=C/c1cccc(F)c1. The molecule has 3 rings (SSSR count). The lowest BCUT2D eigenvalue weighted by Gasteiger charge is -2.02. The molecule has 126 valence electrons. The molecule has 2 aromatic carbocycles. The second-order valence-corrected chi connectivity index (χ2v) is 6.00. The molecule has 0 radical (unpaired) electrons. The van der Waals surface area contributed by atoms with E-state index in [0.717, 1.165) is 11.3 Å². The zero-order valence-corrected chi connectivity index (χ0v) is 14.0. The summed E-state index contributed by atoms with van der Waals surface area (Å²) in [6, 6.07) is 12.4. The summed E-state index contributed by atoms with van der Waals surface area (Å²) in [5.41, 5.74) is 2.39. The third-order valence-electron chi connectivity index (χ3n) is 3.50. The second-order valence-electron chi connectivity index (χ2n) is 5.17. The van der Waals surface area contributed by atoms with Gasteiger partial charge in [-0.05, 0) is 35.4 Å².